The van der Waals surface area contributed by atoms with Gasteiger partial charge in [-0.25, -0.2) is 0 Å². The van der Waals surface area contributed by atoms with Crippen LogP contribution in [0.2, 0.25) is 0 Å². The lowest BCUT2D eigenvalue weighted by atomic mass is 9.83. The molecule has 1 aromatic rings. The smallest absolute Gasteiger partial charge is 0.0341 e. The molecule has 1 heterocycles. The molecule has 2 aliphatic rings. The summed E-state index contributed by atoms with van der Waals surface area (Å²) < 4.78 is 0. The van der Waals surface area contributed by atoms with Crippen molar-refractivity contribution in [3.05, 3.63) is 29.8 Å². The second-order valence-corrected chi connectivity index (χ2v) is 7.87. The summed E-state index contributed by atoms with van der Waals surface area (Å²) in [7, 11) is 0. The van der Waals surface area contributed by atoms with Gasteiger partial charge in [0.1, 0.15) is 0 Å². The highest BCUT2D eigenvalue weighted by Crippen LogP contribution is 2.49. The van der Waals surface area contributed by atoms with Gasteiger partial charge in [0.05, 0.1) is 0 Å². The summed E-state index contributed by atoms with van der Waals surface area (Å²) in [4.78, 5) is 1.50. The third-order valence-corrected chi connectivity index (χ3v) is 5.90. The van der Waals surface area contributed by atoms with Gasteiger partial charge in [-0.2, -0.15) is 0 Å². The number of hydrogen-bond acceptors (Lipinski definition) is 1. The largest absolute Gasteiger partial charge is 0.123 e. The number of halogens is 1. The number of fused-ring (bicyclic) bond motifs is 1. The number of thioether (sulfide) groups is 1. The first-order valence-corrected chi connectivity index (χ1v) is 7.85. The van der Waals surface area contributed by atoms with Crippen molar-refractivity contribution in [3.63, 3.8) is 0 Å². The summed E-state index contributed by atoms with van der Waals surface area (Å²) in [6, 6.07) is 8.86. The molecular weight excluding hydrogens is 248 g/mol. The van der Waals surface area contributed by atoms with Gasteiger partial charge in [-0.3, -0.25) is 0 Å². The van der Waals surface area contributed by atoms with Crippen molar-refractivity contribution >= 4 is 23.4 Å². The highest BCUT2D eigenvalue weighted by molar-refractivity contribution is 8.00. The molecule has 3 unspecified atom stereocenters. The second kappa shape index (κ2) is 4.51. The van der Waals surface area contributed by atoms with Crippen molar-refractivity contribution < 1.29 is 0 Å². The number of rotatable bonds is 2. The van der Waals surface area contributed by atoms with E-state index in [1.54, 1.807) is 5.56 Å². The quantitative estimate of drug-likeness (QED) is 0.687. The molecule has 92 valence electrons. The van der Waals surface area contributed by atoms with Crippen molar-refractivity contribution in [2.24, 2.45) is 5.41 Å². The Morgan fingerprint density at radius 2 is 2.24 bits per heavy atom. The molecule has 1 aliphatic heterocycles. The molecule has 0 saturated heterocycles. The third kappa shape index (κ3) is 2.51. The summed E-state index contributed by atoms with van der Waals surface area (Å²) in [5.74, 6) is 0. The molecule has 0 spiro atoms. The van der Waals surface area contributed by atoms with Crippen molar-refractivity contribution in [3.8, 4) is 0 Å². The fourth-order valence-electron chi connectivity index (χ4n) is 3.35. The predicted octanol–water partition coefficient (Wildman–Crippen LogP) is 4.89. The van der Waals surface area contributed by atoms with E-state index in [2.05, 4.69) is 43.0 Å². The molecule has 1 saturated carbocycles. The maximum absolute atomic E-state index is 6.26. The maximum atomic E-state index is 6.26. The Labute approximate surface area is 113 Å². The highest BCUT2D eigenvalue weighted by atomic mass is 35.5. The Kier molecular flexibility index (Phi) is 3.16. The summed E-state index contributed by atoms with van der Waals surface area (Å²) in [6.45, 7) is 2.43. The predicted molar refractivity (Wildman–Crippen MR) is 76.0 cm³/mol. The van der Waals surface area contributed by atoms with Crippen LogP contribution in [0.15, 0.2) is 29.2 Å². The average molecular weight is 267 g/mol. The number of benzene rings is 1. The van der Waals surface area contributed by atoms with Gasteiger partial charge in [0.2, 0.25) is 0 Å². The number of alkyl halides is 1. The summed E-state index contributed by atoms with van der Waals surface area (Å²) in [6.07, 6.45) is 6.32. The minimum absolute atomic E-state index is 0.425. The normalized spacial score (nSPS) is 36.1. The molecule has 0 nitrogen and oxygen atoms in total. The van der Waals surface area contributed by atoms with Crippen LogP contribution in [0.4, 0.5) is 0 Å². The maximum Gasteiger partial charge on any atom is 0.0341 e. The Morgan fingerprint density at radius 3 is 2.94 bits per heavy atom. The van der Waals surface area contributed by atoms with Gasteiger partial charge in [-0.15, -0.1) is 23.4 Å². The molecule has 1 aromatic carbocycles. The van der Waals surface area contributed by atoms with Crippen molar-refractivity contribution in [2.45, 2.75) is 54.6 Å². The molecule has 1 fully saturated rings. The van der Waals surface area contributed by atoms with Gasteiger partial charge in [0.25, 0.3) is 0 Å². The Morgan fingerprint density at radius 1 is 1.41 bits per heavy atom. The third-order valence-electron chi connectivity index (χ3n) is 4.21. The van der Waals surface area contributed by atoms with E-state index in [0.717, 1.165) is 5.25 Å². The summed E-state index contributed by atoms with van der Waals surface area (Å²) in [5.41, 5.74) is 2.04. The molecule has 0 amide bonds. The Hall–Kier alpha value is -0.140. The lowest BCUT2D eigenvalue weighted by molar-refractivity contribution is 0.306. The minimum Gasteiger partial charge on any atom is -0.123 e. The fourth-order valence-corrected chi connectivity index (χ4v) is 5.40. The zero-order chi connectivity index (χ0) is 11.9. The molecule has 3 atom stereocenters. The van der Waals surface area contributed by atoms with E-state index in [9.17, 15) is 0 Å². The van der Waals surface area contributed by atoms with Crippen LogP contribution in [0.5, 0.6) is 0 Å². The molecule has 0 radical (unpaired) electrons. The van der Waals surface area contributed by atoms with Crippen LogP contribution in [0.3, 0.4) is 0 Å². The fraction of sp³-hybridized carbons (Fsp3) is 0.600. The van der Waals surface area contributed by atoms with Crippen molar-refractivity contribution in [1.29, 1.82) is 0 Å². The lowest BCUT2D eigenvalue weighted by Gasteiger charge is -2.26. The molecule has 0 N–H and O–H groups in total. The van der Waals surface area contributed by atoms with Crippen LogP contribution in [0.1, 0.15) is 38.2 Å². The molecular formula is C15H19ClS. The van der Waals surface area contributed by atoms with Gasteiger partial charge in [-0.1, -0.05) is 25.1 Å². The number of hydrogen-bond donors (Lipinski definition) is 0. The minimum atomic E-state index is 0.425. The average Bonchev–Trinajstić information content (AvgIpc) is 2.81. The summed E-state index contributed by atoms with van der Waals surface area (Å²) in [5, 5.41) is 1.20. The summed E-state index contributed by atoms with van der Waals surface area (Å²) >= 11 is 8.34. The van der Waals surface area contributed by atoms with Crippen LogP contribution in [0.25, 0.3) is 0 Å². The molecule has 3 rings (SSSR count). The van der Waals surface area contributed by atoms with Crippen molar-refractivity contribution in [1.82, 2.24) is 0 Å². The molecule has 0 bridgehead atoms. The monoisotopic (exact) mass is 266 g/mol. The Balaban J connectivity index is 1.66. The van der Waals surface area contributed by atoms with E-state index in [1.165, 1.54) is 37.0 Å². The van der Waals surface area contributed by atoms with Crippen LogP contribution in [-0.2, 0) is 6.42 Å². The van der Waals surface area contributed by atoms with Crippen LogP contribution in [-0.4, -0.2) is 10.6 Å². The van der Waals surface area contributed by atoms with Gasteiger partial charge in [0.15, 0.2) is 0 Å². The molecule has 0 aromatic heterocycles. The van der Waals surface area contributed by atoms with Gasteiger partial charge >= 0.3 is 0 Å². The topological polar surface area (TPSA) is 0 Å². The van der Waals surface area contributed by atoms with E-state index in [4.69, 9.17) is 11.6 Å². The van der Waals surface area contributed by atoms with Gasteiger partial charge in [-0.05, 0) is 49.1 Å². The first-order valence-electron chi connectivity index (χ1n) is 6.53. The zero-order valence-corrected chi connectivity index (χ0v) is 11.9. The standard InChI is InChI=1S/C15H19ClS/c1-15(7-6-12(16)9-15)10-13-8-11-4-2-3-5-14(11)17-13/h2-5,12-13H,6-10H2,1H3. The van der Waals surface area contributed by atoms with E-state index in [1.807, 2.05) is 0 Å². The molecule has 17 heavy (non-hydrogen) atoms. The lowest BCUT2D eigenvalue weighted by Crippen LogP contribution is -2.19. The molecule has 2 heteroatoms. The van der Waals surface area contributed by atoms with E-state index < -0.39 is 0 Å². The second-order valence-electron chi connectivity index (χ2n) is 5.91. The van der Waals surface area contributed by atoms with Crippen LogP contribution >= 0.6 is 23.4 Å². The Bertz CT molecular complexity index is 392. The first-order chi connectivity index (χ1) is 8.15. The van der Waals surface area contributed by atoms with Crippen LogP contribution < -0.4 is 0 Å². The van der Waals surface area contributed by atoms with Gasteiger partial charge < -0.3 is 0 Å². The van der Waals surface area contributed by atoms with Crippen molar-refractivity contribution in [2.75, 3.05) is 0 Å². The first kappa shape index (κ1) is 11.9. The van der Waals surface area contributed by atoms with E-state index >= 15 is 0 Å². The van der Waals surface area contributed by atoms with Crippen LogP contribution in [0, 0.1) is 5.41 Å². The highest BCUT2D eigenvalue weighted by Gasteiger charge is 2.37. The SMILES string of the molecule is CC1(CC2Cc3ccccc3S2)CCC(Cl)C1. The van der Waals surface area contributed by atoms with Gasteiger partial charge in [0, 0.05) is 15.5 Å². The van der Waals surface area contributed by atoms with E-state index in [0.29, 0.717) is 10.8 Å². The zero-order valence-electron chi connectivity index (χ0n) is 10.3. The molecule has 1 aliphatic carbocycles. The van der Waals surface area contributed by atoms with E-state index in [-0.39, 0.29) is 0 Å².